The summed E-state index contributed by atoms with van der Waals surface area (Å²) >= 11 is 0. The van der Waals surface area contributed by atoms with Crippen LogP contribution in [0.3, 0.4) is 0 Å². The van der Waals surface area contributed by atoms with Crippen molar-refractivity contribution in [3.05, 3.63) is 65.7 Å². The number of benzene rings is 2. The van der Waals surface area contributed by atoms with Crippen LogP contribution in [0, 0.1) is 0 Å². The van der Waals surface area contributed by atoms with Crippen LogP contribution in [0.25, 0.3) is 6.08 Å². The number of hydrogen-bond acceptors (Lipinski definition) is 4. The summed E-state index contributed by atoms with van der Waals surface area (Å²) in [5.74, 6) is 1.18. The first-order chi connectivity index (χ1) is 13.7. The highest BCUT2D eigenvalue weighted by molar-refractivity contribution is 5.91. The molecule has 28 heavy (non-hydrogen) atoms. The quantitative estimate of drug-likeness (QED) is 0.745. The van der Waals surface area contributed by atoms with E-state index in [9.17, 15) is 4.79 Å². The molecule has 1 heterocycles. The maximum Gasteiger partial charge on any atom is 0.244 e. The van der Waals surface area contributed by atoms with Gasteiger partial charge in [-0.25, -0.2) is 0 Å². The second-order valence-corrected chi connectivity index (χ2v) is 6.92. The summed E-state index contributed by atoms with van der Waals surface area (Å²) in [5, 5.41) is 3.08. The van der Waals surface area contributed by atoms with Gasteiger partial charge in [-0.1, -0.05) is 36.4 Å². The van der Waals surface area contributed by atoms with Gasteiger partial charge in [0.25, 0.3) is 0 Å². The van der Waals surface area contributed by atoms with Crippen molar-refractivity contribution in [2.45, 2.75) is 18.3 Å². The van der Waals surface area contributed by atoms with Crippen LogP contribution in [-0.4, -0.2) is 39.9 Å². The Bertz CT molecular complexity index is 811. The molecule has 3 rings (SSSR count). The summed E-state index contributed by atoms with van der Waals surface area (Å²) in [5.41, 5.74) is 2.05. The van der Waals surface area contributed by atoms with Crippen LogP contribution in [0.1, 0.15) is 24.0 Å². The van der Waals surface area contributed by atoms with E-state index in [0.717, 1.165) is 18.4 Å². The number of hydrogen-bond donors (Lipinski definition) is 1. The molecular formula is C23H27NO4. The third kappa shape index (κ3) is 4.73. The second-order valence-electron chi connectivity index (χ2n) is 6.92. The molecule has 0 radical (unpaired) electrons. The van der Waals surface area contributed by atoms with Gasteiger partial charge in [0.1, 0.15) is 0 Å². The van der Waals surface area contributed by atoms with Crippen molar-refractivity contribution in [3.63, 3.8) is 0 Å². The highest BCUT2D eigenvalue weighted by Gasteiger charge is 2.34. The fourth-order valence-corrected chi connectivity index (χ4v) is 3.56. The van der Waals surface area contributed by atoms with Gasteiger partial charge in [-0.3, -0.25) is 4.79 Å². The van der Waals surface area contributed by atoms with E-state index in [1.807, 2.05) is 36.4 Å². The topological polar surface area (TPSA) is 56.8 Å². The minimum Gasteiger partial charge on any atom is -0.493 e. The van der Waals surface area contributed by atoms with Crippen molar-refractivity contribution in [3.8, 4) is 11.5 Å². The Morgan fingerprint density at radius 2 is 1.79 bits per heavy atom. The molecule has 0 atom stereocenters. The zero-order valence-corrected chi connectivity index (χ0v) is 16.4. The van der Waals surface area contributed by atoms with E-state index in [1.54, 1.807) is 26.4 Å². The van der Waals surface area contributed by atoms with Crippen molar-refractivity contribution in [2.24, 2.45) is 0 Å². The van der Waals surface area contributed by atoms with E-state index < -0.39 is 0 Å². The number of methoxy groups -OCH3 is 2. The zero-order chi connectivity index (χ0) is 19.8. The molecule has 1 N–H and O–H groups in total. The largest absolute Gasteiger partial charge is 0.493 e. The standard InChI is InChI=1S/C23H27NO4/c1-26-20-10-8-18(16-21(20)27-2)9-11-22(25)24-17-23(12-14-28-15-13-23)19-6-4-3-5-7-19/h3-11,16H,12-15,17H2,1-2H3,(H,24,25). The number of carbonyl (C=O) groups excluding carboxylic acids is 1. The molecule has 148 valence electrons. The van der Waals surface area contributed by atoms with Gasteiger partial charge in [0, 0.05) is 31.2 Å². The smallest absolute Gasteiger partial charge is 0.244 e. The lowest BCUT2D eigenvalue weighted by Gasteiger charge is -2.37. The van der Waals surface area contributed by atoms with E-state index in [0.29, 0.717) is 31.3 Å². The maximum absolute atomic E-state index is 12.4. The monoisotopic (exact) mass is 381 g/mol. The molecule has 0 saturated carbocycles. The number of rotatable bonds is 7. The predicted molar refractivity (Wildman–Crippen MR) is 110 cm³/mol. The van der Waals surface area contributed by atoms with Crippen LogP contribution in [-0.2, 0) is 14.9 Å². The minimum absolute atomic E-state index is 0.0770. The molecule has 1 amide bonds. The third-order valence-electron chi connectivity index (χ3n) is 5.27. The number of carbonyl (C=O) groups is 1. The van der Waals surface area contributed by atoms with Gasteiger partial charge in [-0.05, 0) is 42.2 Å². The fraction of sp³-hybridized carbons (Fsp3) is 0.348. The Balaban J connectivity index is 1.66. The molecular weight excluding hydrogens is 354 g/mol. The lowest BCUT2D eigenvalue weighted by molar-refractivity contribution is -0.116. The molecule has 0 unspecified atom stereocenters. The molecule has 5 nitrogen and oxygen atoms in total. The SMILES string of the molecule is COc1ccc(C=CC(=O)NCC2(c3ccccc3)CCOCC2)cc1OC. The van der Waals surface area contributed by atoms with Gasteiger partial charge in [-0.15, -0.1) is 0 Å². The predicted octanol–water partition coefficient (Wildman–Crippen LogP) is 3.58. The van der Waals surface area contributed by atoms with Crippen molar-refractivity contribution >= 4 is 12.0 Å². The molecule has 0 aromatic heterocycles. The van der Waals surface area contributed by atoms with E-state index in [-0.39, 0.29) is 11.3 Å². The second kappa shape index (κ2) is 9.42. The summed E-state index contributed by atoms with van der Waals surface area (Å²) in [6.07, 6.45) is 5.13. The molecule has 1 aliphatic heterocycles. The Hall–Kier alpha value is -2.79. The van der Waals surface area contributed by atoms with Crippen LogP contribution in [0.5, 0.6) is 11.5 Å². The average molecular weight is 381 g/mol. The summed E-state index contributed by atoms with van der Waals surface area (Å²) in [6.45, 7) is 2.02. The van der Waals surface area contributed by atoms with Crippen molar-refractivity contribution in [1.29, 1.82) is 0 Å². The van der Waals surface area contributed by atoms with Gasteiger partial charge in [0.2, 0.25) is 5.91 Å². The molecule has 1 saturated heterocycles. The number of ether oxygens (including phenoxy) is 3. The number of amides is 1. The van der Waals surface area contributed by atoms with Crippen molar-refractivity contribution in [2.75, 3.05) is 34.0 Å². The van der Waals surface area contributed by atoms with Crippen LogP contribution in [0.2, 0.25) is 0 Å². The van der Waals surface area contributed by atoms with Crippen LogP contribution in [0.15, 0.2) is 54.6 Å². The Kier molecular flexibility index (Phi) is 6.71. The van der Waals surface area contributed by atoms with Crippen LogP contribution < -0.4 is 14.8 Å². The van der Waals surface area contributed by atoms with E-state index >= 15 is 0 Å². The van der Waals surface area contributed by atoms with Gasteiger partial charge in [0.05, 0.1) is 14.2 Å². The van der Waals surface area contributed by atoms with Gasteiger partial charge >= 0.3 is 0 Å². The molecule has 1 fully saturated rings. The Labute approximate surface area is 166 Å². The molecule has 0 aliphatic carbocycles. The highest BCUT2D eigenvalue weighted by Crippen LogP contribution is 2.34. The van der Waals surface area contributed by atoms with Crippen molar-refractivity contribution < 1.29 is 19.0 Å². The summed E-state index contributed by atoms with van der Waals surface area (Å²) < 4.78 is 16.1. The van der Waals surface area contributed by atoms with Crippen molar-refractivity contribution in [1.82, 2.24) is 5.32 Å². The highest BCUT2D eigenvalue weighted by atomic mass is 16.5. The van der Waals surface area contributed by atoms with Gasteiger partial charge in [-0.2, -0.15) is 0 Å². The van der Waals surface area contributed by atoms with Gasteiger partial charge in [0.15, 0.2) is 11.5 Å². The molecule has 0 spiro atoms. The lowest BCUT2D eigenvalue weighted by Crippen LogP contribution is -2.44. The summed E-state index contributed by atoms with van der Waals surface area (Å²) in [7, 11) is 3.19. The normalized spacial score (nSPS) is 15.9. The molecule has 0 bridgehead atoms. The zero-order valence-electron chi connectivity index (χ0n) is 16.4. The third-order valence-corrected chi connectivity index (χ3v) is 5.27. The lowest BCUT2D eigenvalue weighted by atomic mass is 9.74. The molecule has 5 heteroatoms. The first-order valence-corrected chi connectivity index (χ1v) is 9.48. The van der Waals surface area contributed by atoms with Crippen LogP contribution >= 0.6 is 0 Å². The molecule has 2 aromatic carbocycles. The average Bonchev–Trinajstić information content (AvgIpc) is 2.77. The van der Waals surface area contributed by atoms with Gasteiger partial charge < -0.3 is 19.5 Å². The first kappa shape index (κ1) is 20.0. The molecule has 1 aliphatic rings. The summed E-state index contributed by atoms with van der Waals surface area (Å²) in [6, 6.07) is 15.9. The Morgan fingerprint density at radius 1 is 1.07 bits per heavy atom. The van der Waals surface area contributed by atoms with E-state index in [2.05, 4.69) is 17.4 Å². The first-order valence-electron chi connectivity index (χ1n) is 9.48. The fourth-order valence-electron chi connectivity index (χ4n) is 3.56. The van der Waals surface area contributed by atoms with E-state index in [4.69, 9.17) is 14.2 Å². The molecule has 2 aromatic rings. The Morgan fingerprint density at radius 3 is 2.46 bits per heavy atom. The maximum atomic E-state index is 12.4. The van der Waals surface area contributed by atoms with E-state index in [1.165, 1.54) is 5.56 Å². The van der Waals surface area contributed by atoms with Crippen LogP contribution in [0.4, 0.5) is 0 Å². The minimum atomic E-state index is -0.114. The summed E-state index contributed by atoms with van der Waals surface area (Å²) in [4.78, 5) is 12.4. The number of nitrogens with one attached hydrogen (secondary N) is 1.